The molecule has 0 spiro atoms. The van der Waals surface area contributed by atoms with Gasteiger partial charge in [-0.05, 0) is 31.0 Å². The second kappa shape index (κ2) is 5.05. The molecule has 0 heterocycles. The predicted molar refractivity (Wildman–Crippen MR) is 63.3 cm³/mol. The summed E-state index contributed by atoms with van der Waals surface area (Å²) in [5, 5.41) is 18.7. The van der Waals surface area contributed by atoms with E-state index in [1.807, 2.05) is 6.92 Å². The maximum absolute atomic E-state index is 10.7. The zero-order valence-electron chi connectivity index (χ0n) is 10.2. The van der Waals surface area contributed by atoms with E-state index in [9.17, 15) is 9.90 Å². The molecular weight excluding hydrogens is 222 g/mol. The van der Waals surface area contributed by atoms with Crippen molar-refractivity contribution in [3.05, 3.63) is 22.8 Å². The SMILES string of the molecule is COc1cc(C)c(C)c(C(N)CC(=O)O)c1O. The minimum absolute atomic E-state index is 0.0793. The molecule has 0 bridgehead atoms. The summed E-state index contributed by atoms with van der Waals surface area (Å²) in [4.78, 5) is 10.7. The van der Waals surface area contributed by atoms with E-state index in [1.165, 1.54) is 7.11 Å². The highest BCUT2D eigenvalue weighted by atomic mass is 16.5. The first-order valence-corrected chi connectivity index (χ1v) is 5.22. The fraction of sp³-hybridized carbons (Fsp3) is 0.417. The molecule has 1 aromatic rings. The Morgan fingerprint density at radius 2 is 2.12 bits per heavy atom. The second-order valence-electron chi connectivity index (χ2n) is 3.99. The minimum atomic E-state index is -1.00. The number of benzene rings is 1. The molecule has 4 N–H and O–H groups in total. The van der Waals surface area contributed by atoms with Crippen LogP contribution in [0.25, 0.3) is 0 Å². The molecule has 0 saturated carbocycles. The molecule has 94 valence electrons. The number of carboxylic acids is 1. The van der Waals surface area contributed by atoms with Crippen LogP contribution in [-0.2, 0) is 4.79 Å². The first-order chi connectivity index (χ1) is 7.88. The van der Waals surface area contributed by atoms with Gasteiger partial charge in [-0.25, -0.2) is 0 Å². The minimum Gasteiger partial charge on any atom is -0.504 e. The van der Waals surface area contributed by atoms with Crippen LogP contribution in [0.1, 0.15) is 29.2 Å². The van der Waals surface area contributed by atoms with Crippen LogP contribution in [0.5, 0.6) is 11.5 Å². The molecule has 0 aliphatic rings. The molecule has 1 rings (SSSR count). The van der Waals surface area contributed by atoms with Crippen LogP contribution >= 0.6 is 0 Å². The molecule has 5 heteroatoms. The van der Waals surface area contributed by atoms with Gasteiger partial charge < -0.3 is 20.7 Å². The van der Waals surface area contributed by atoms with Crippen molar-refractivity contribution in [1.29, 1.82) is 0 Å². The number of phenolic OH excluding ortho intramolecular Hbond substituents is 1. The molecular formula is C12H17NO4. The van der Waals surface area contributed by atoms with E-state index in [4.69, 9.17) is 15.6 Å². The summed E-state index contributed by atoms with van der Waals surface area (Å²) in [6, 6.07) is 0.947. The number of aliphatic carboxylic acids is 1. The zero-order valence-corrected chi connectivity index (χ0v) is 10.2. The number of methoxy groups -OCH3 is 1. The third-order valence-electron chi connectivity index (χ3n) is 2.82. The van der Waals surface area contributed by atoms with Crippen molar-refractivity contribution in [1.82, 2.24) is 0 Å². The predicted octanol–water partition coefficient (Wildman–Crippen LogP) is 1.49. The zero-order chi connectivity index (χ0) is 13.2. The molecule has 0 aromatic heterocycles. The Morgan fingerprint density at radius 3 is 2.59 bits per heavy atom. The number of aromatic hydroxyl groups is 1. The highest BCUT2D eigenvalue weighted by Gasteiger charge is 2.21. The number of rotatable bonds is 4. The molecule has 1 aromatic carbocycles. The number of carboxylic acid groups (broad SMARTS) is 1. The number of hydrogen-bond donors (Lipinski definition) is 3. The van der Waals surface area contributed by atoms with Crippen LogP contribution < -0.4 is 10.5 Å². The van der Waals surface area contributed by atoms with Crippen molar-refractivity contribution in [3.8, 4) is 11.5 Å². The molecule has 0 aliphatic heterocycles. The van der Waals surface area contributed by atoms with Gasteiger partial charge in [0, 0.05) is 11.6 Å². The van der Waals surface area contributed by atoms with Crippen molar-refractivity contribution in [2.45, 2.75) is 26.3 Å². The van der Waals surface area contributed by atoms with Gasteiger partial charge >= 0.3 is 5.97 Å². The van der Waals surface area contributed by atoms with Gasteiger partial charge in [-0.1, -0.05) is 0 Å². The van der Waals surface area contributed by atoms with Gasteiger partial charge in [0.25, 0.3) is 0 Å². The van der Waals surface area contributed by atoms with E-state index in [0.717, 1.165) is 11.1 Å². The van der Waals surface area contributed by atoms with Crippen molar-refractivity contribution in [2.24, 2.45) is 5.73 Å². The van der Waals surface area contributed by atoms with Crippen LogP contribution in [0.4, 0.5) is 0 Å². The molecule has 0 amide bonds. The van der Waals surface area contributed by atoms with Crippen LogP contribution in [0.2, 0.25) is 0 Å². The Labute approximate surface area is 99.8 Å². The lowest BCUT2D eigenvalue weighted by Crippen LogP contribution is -2.17. The Balaban J connectivity index is 3.30. The Morgan fingerprint density at radius 1 is 1.53 bits per heavy atom. The van der Waals surface area contributed by atoms with Crippen LogP contribution in [-0.4, -0.2) is 23.3 Å². The van der Waals surface area contributed by atoms with Crippen LogP contribution in [0.15, 0.2) is 6.07 Å². The molecule has 0 radical (unpaired) electrons. The summed E-state index contributed by atoms with van der Waals surface area (Å²) < 4.78 is 5.02. The number of ether oxygens (including phenoxy) is 1. The third kappa shape index (κ3) is 2.68. The summed E-state index contributed by atoms with van der Waals surface area (Å²) in [5.41, 5.74) is 7.92. The van der Waals surface area contributed by atoms with Crippen LogP contribution in [0, 0.1) is 13.8 Å². The first-order valence-electron chi connectivity index (χ1n) is 5.22. The summed E-state index contributed by atoms with van der Waals surface area (Å²) in [5.74, 6) is -0.773. The van der Waals surface area contributed by atoms with E-state index in [0.29, 0.717) is 11.3 Å². The fourth-order valence-electron chi connectivity index (χ4n) is 1.80. The Bertz CT molecular complexity index is 443. The molecule has 0 fully saturated rings. The molecule has 0 aliphatic carbocycles. The number of phenols is 1. The maximum Gasteiger partial charge on any atom is 0.305 e. The lowest BCUT2D eigenvalue weighted by molar-refractivity contribution is -0.137. The number of aryl methyl sites for hydroxylation is 1. The van der Waals surface area contributed by atoms with Gasteiger partial charge in [0.05, 0.1) is 13.5 Å². The highest BCUT2D eigenvalue weighted by molar-refractivity contribution is 5.69. The van der Waals surface area contributed by atoms with Crippen molar-refractivity contribution in [2.75, 3.05) is 7.11 Å². The van der Waals surface area contributed by atoms with Gasteiger partial charge in [-0.2, -0.15) is 0 Å². The van der Waals surface area contributed by atoms with Crippen molar-refractivity contribution >= 4 is 5.97 Å². The van der Waals surface area contributed by atoms with Gasteiger partial charge in [0.2, 0.25) is 0 Å². The van der Waals surface area contributed by atoms with E-state index >= 15 is 0 Å². The normalized spacial score (nSPS) is 12.2. The first kappa shape index (κ1) is 13.3. The van der Waals surface area contributed by atoms with E-state index in [-0.39, 0.29) is 12.2 Å². The number of carbonyl (C=O) groups is 1. The van der Waals surface area contributed by atoms with Crippen LogP contribution in [0.3, 0.4) is 0 Å². The topological polar surface area (TPSA) is 92.8 Å². The largest absolute Gasteiger partial charge is 0.504 e. The maximum atomic E-state index is 10.7. The molecule has 5 nitrogen and oxygen atoms in total. The average molecular weight is 239 g/mol. The summed E-state index contributed by atoms with van der Waals surface area (Å²) in [7, 11) is 1.44. The summed E-state index contributed by atoms with van der Waals surface area (Å²) >= 11 is 0. The van der Waals surface area contributed by atoms with Gasteiger partial charge in [-0.15, -0.1) is 0 Å². The molecule has 1 unspecified atom stereocenters. The third-order valence-corrected chi connectivity index (χ3v) is 2.82. The van der Waals surface area contributed by atoms with Gasteiger partial charge in [0.15, 0.2) is 11.5 Å². The smallest absolute Gasteiger partial charge is 0.305 e. The van der Waals surface area contributed by atoms with E-state index < -0.39 is 12.0 Å². The van der Waals surface area contributed by atoms with Crippen molar-refractivity contribution in [3.63, 3.8) is 0 Å². The van der Waals surface area contributed by atoms with Gasteiger partial charge in [0.1, 0.15) is 0 Å². The number of nitrogens with two attached hydrogens (primary N) is 1. The summed E-state index contributed by atoms with van der Waals surface area (Å²) in [6.45, 7) is 3.65. The fourth-order valence-corrected chi connectivity index (χ4v) is 1.80. The summed E-state index contributed by atoms with van der Waals surface area (Å²) in [6.07, 6.45) is -0.235. The molecule has 1 atom stereocenters. The average Bonchev–Trinajstić information content (AvgIpc) is 2.22. The standard InChI is InChI=1S/C12H17NO4/c1-6-4-9(17-3)12(16)11(7(6)2)8(13)5-10(14)15/h4,8,16H,5,13H2,1-3H3,(H,14,15). The molecule has 17 heavy (non-hydrogen) atoms. The van der Waals surface area contributed by atoms with Crippen molar-refractivity contribution < 1.29 is 19.7 Å². The monoisotopic (exact) mass is 239 g/mol. The quantitative estimate of drug-likeness (QED) is 0.740. The second-order valence-corrected chi connectivity index (χ2v) is 3.99. The Hall–Kier alpha value is -1.75. The van der Waals surface area contributed by atoms with E-state index in [2.05, 4.69) is 0 Å². The van der Waals surface area contributed by atoms with Gasteiger partial charge in [-0.3, -0.25) is 4.79 Å². The lowest BCUT2D eigenvalue weighted by Gasteiger charge is -2.18. The highest BCUT2D eigenvalue weighted by Crippen LogP contribution is 2.38. The number of hydrogen-bond acceptors (Lipinski definition) is 4. The molecule has 0 saturated heterocycles. The lowest BCUT2D eigenvalue weighted by atomic mass is 9.94. The van der Waals surface area contributed by atoms with E-state index in [1.54, 1.807) is 13.0 Å². The Kier molecular flexibility index (Phi) is 3.96.